The van der Waals surface area contributed by atoms with E-state index in [9.17, 15) is 19.8 Å². The van der Waals surface area contributed by atoms with Crippen molar-refractivity contribution in [3.05, 3.63) is 65.9 Å². The van der Waals surface area contributed by atoms with Gasteiger partial charge in [0.25, 0.3) is 5.91 Å². The Bertz CT molecular complexity index is 1520. The molecule has 1 saturated heterocycles. The Morgan fingerprint density at radius 1 is 1.18 bits per heavy atom. The SMILES string of the molecule is CC(C)(O)Cn1c(NC(=O)c2ccnc(Oc3cccc(O)c3C=O)c2)nc2ccc(N3CCOCC3)cc21. The van der Waals surface area contributed by atoms with Gasteiger partial charge < -0.3 is 29.2 Å². The van der Waals surface area contributed by atoms with Crippen molar-refractivity contribution in [2.24, 2.45) is 0 Å². The van der Waals surface area contributed by atoms with Gasteiger partial charge in [-0.15, -0.1) is 0 Å². The Labute approximate surface area is 224 Å². The summed E-state index contributed by atoms with van der Waals surface area (Å²) in [6.07, 6.45) is 1.89. The average molecular weight is 532 g/mol. The quantitative estimate of drug-likeness (QED) is 0.291. The van der Waals surface area contributed by atoms with Crippen LogP contribution in [0.25, 0.3) is 11.0 Å². The van der Waals surface area contributed by atoms with E-state index in [1.54, 1.807) is 18.4 Å². The number of anilines is 2. The van der Waals surface area contributed by atoms with Gasteiger partial charge in [0.2, 0.25) is 11.8 Å². The van der Waals surface area contributed by atoms with Crippen molar-refractivity contribution < 1.29 is 29.3 Å². The number of rotatable bonds is 8. The molecular formula is C28H29N5O6. The van der Waals surface area contributed by atoms with E-state index in [2.05, 4.69) is 20.2 Å². The number of benzene rings is 2. The van der Waals surface area contributed by atoms with Gasteiger partial charge in [0.05, 0.1) is 42.0 Å². The van der Waals surface area contributed by atoms with E-state index in [-0.39, 0.29) is 41.0 Å². The highest BCUT2D eigenvalue weighted by Crippen LogP contribution is 2.30. The zero-order valence-electron chi connectivity index (χ0n) is 21.6. The van der Waals surface area contributed by atoms with E-state index < -0.39 is 11.5 Å². The van der Waals surface area contributed by atoms with Crippen LogP contribution < -0.4 is 15.0 Å². The molecule has 1 aliphatic rings. The molecule has 3 heterocycles. The Hall–Kier alpha value is -4.48. The molecule has 5 rings (SSSR count). The number of aromatic hydroxyl groups is 1. The molecule has 0 unspecified atom stereocenters. The Morgan fingerprint density at radius 3 is 2.72 bits per heavy atom. The molecule has 1 amide bonds. The van der Waals surface area contributed by atoms with Crippen LogP contribution in [0.15, 0.2) is 54.7 Å². The first-order valence-corrected chi connectivity index (χ1v) is 12.5. The first kappa shape index (κ1) is 26.1. The van der Waals surface area contributed by atoms with Crippen LogP contribution >= 0.6 is 0 Å². The highest BCUT2D eigenvalue weighted by molar-refractivity contribution is 6.04. The second kappa shape index (κ2) is 10.7. The lowest BCUT2D eigenvalue weighted by Crippen LogP contribution is -2.36. The third-order valence-electron chi connectivity index (χ3n) is 6.25. The van der Waals surface area contributed by atoms with E-state index in [0.717, 1.165) is 24.3 Å². The van der Waals surface area contributed by atoms with Crippen molar-refractivity contribution in [1.82, 2.24) is 14.5 Å². The smallest absolute Gasteiger partial charge is 0.258 e. The molecule has 1 fully saturated rings. The van der Waals surface area contributed by atoms with E-state index in [1.807, 2.05) is 18.2 Å². The van der Waals surface area contributed by atoms with E-state index in [4.69, 9.17) is 9.47 Å². The van der Waals surface area contributed by atoms with Gasteiger partial charge in [0.15, 0.2) is 6.29 Å². The third-order valence-corrected chi connectivity index (χ3v) is 6.25. The first-order valence-electron chi connectivity index (χ1n) is 12.5. The molecule has 0 aliphatic carbocycles. The number of nitrogens with zero attached hydrogens (tertiary/aromatic N) is 4. The van der Waals surface area contributed by atoms with Gasteiger partial charge in [-0.2, -0.15) is 0 Å². The van der Waals surface area contributed by atoms with Gasteiger partial charge >= 0.3 is 0 Å². The number of carbonyl (C=O) groups is 2. The van der Waals surface area contributed by atoms with Crippen molar-refractivity contribution >= 4 is 34.9 Å². The van der Waals surface area contributed by atoms with Gasteiger partial charge in [-0.05, 0) is 50.2 Å². The number of imidazole rings is 1. The highest BCUT2D eigenvalue weighted by Gasteiger charge is 2.22. The summed E-state index contributed by atoms with van der Waals surface area (Å²) in [6.45, 7) is 6.44. The number of morpholine rings is 1. The number of amides is 1. The number of ether oxygens (including phenoxy) is 2. The maximum atomic E-state index is 13.3. The van der Waals surface area contributed by atoms with Gasteiger partial charge in [-0.25, -0.2) is 9.97 Å². The molecule has 39 heavy (non-hydrogen) atoms. The number of hydrogen-bond acceptors (Lipinski definition) is 9. The maximum Gasteiger partial charge on any atom is 0.258 e. The summed E-state index contributed by atoms with van der Waals surface area (Å²) in [4.78, 5) is 35.6. The van der Waals surface area contributed by atoms with Crippen LogP contribution in [0.1, 0.15) is 34.6 Å². The molecule has 3 N–H and O–H groups in total. The number of aromatic nitrogens is 3. The highest BCUT2D eigenvalue weighted by atomic mass is 16.5. The number of pyridine rings is 1. The summed E-state index contributed by atoms with van der Waals surface area (Å²) in [5.41, 5.74) is 1.61. The van der Waals surface area contributed by atoms with Crippen LogP contribution in [0.4, 0.5) is 11.6 Å². The fourth-order valence-electron chi connectivity index (χ4n) is 4.40. The molecule has 0 radical (unpaired) electrons. The minimum atomic E-state index is -1.07. The van der Waals surface area contributed by atoms with Gasteiger partial charge in [-0.1, -0.05) is 6.07 Å². The van der Waals surface area contributed by atoms with E-state index >= 15 is 0 Å². The Morgan fingerprint density at radius 2 is 1.97 bits per heavy atom. The fourth-order valence-corrected chi connectivity index (χ4v) is 4.40. The molecule has 0 bridgehead atoms. The number of aldehydes is 1. The standard InChI is InChI=1S/C28H29N5O6/c1-28(2,37)17-33-22-15-19(32-10-12-38-13-11-32)6-7-21(22)30-27(33)31-26(36)18-8-9-29-25(14-18)39-24-5-3-4-23(35)20(24)16-34/h3-9,14-16,35,37H,10-13,17H2,1-2H3,(H,30,31,36). The second-order valence-electron chi connectivity index (χ2n) is 9.85. The lowest BCUT2D eigenvalue weighted by atomic mass is 10.1. The van der Waals surface area contributed by atoms with Gasteiger partial charge in [-0.3, -0.25) is 14.9 Å². The van der Waals surface area contributed by atoms with E-state index in [1.165, 1.54) is 36.5 Å². The predicted molar refractivity (Wildman–Crippen MR) is 145 cm³/mol. The number of phenolic OH excluding ortho intramolecular Hbond substituents is 1. The topological polar surface area (TPSA) is 139 Å². The van der Waals surface area contributed by atoms with Crippen LogP contribution in [-0.2, 0) is 11.3 Å². The second-order valence-corrected chi connectivity index (χ2v) is 9.85. The summed E-state index contributed by atoms with van der Waals surface area (Å²) in [5, 5.41) is 23.4. The largest absolute Gasteiger partial charge is 0.507 e. The minimum absolute atomic E-state index is 0.0223. The third kappa shape index (κ3) is 5.84. The summed E-state index contributed by atoms with van der Waals surface area (Å²) in [7, 11) is 0. The zero-order chi connectivity index (χ0) is 27.6. The van der Waals surface area contributed by atoms with Crippen molar-refractivity contribution in [3.8, 4) is 17.4 Å². The number of carbonyl (C=O) groups excluding carboxylic acids is 2. The molecule has 2 aromatic heterocycles. The van der Waals surface area contributed by atoms with Crippen molar-refractivity contribution in [2.75, 3.05) is 36.5 Å². The number of aliphatic hydroxyl groups is 1. The van der Waals surface area contributed by atoms with Crippen LogP contribution in [0.2, 0.25) is 0 Å². The molecule has 0 saturated carbocycles. The minimum Gasteiger partial charge on any atom is -0.507 e. The lowest BCUT2D eigenvalue weighted by Gasteiger charge is -2.29. The van der Waals surface area contributed by atoms with Crippen LogP contribution in [0.5, 0.6) is 17.4 Å². The molecule has 11 heteroatoms. The van der Waals surface area contributed by atoms with Crippen LogP contribution in [0.3, 0.4) is 0 Å². The average Bonchev–Trinajstić information content (AvgIpc) is 3.24. The molecule has 0 spiro atoms. The normalized spacial score (nSPS) is 13.9. The molecule has 2 aromatic carbocycles. The van der Waals surface area contributed by atoms with Crippen molar-refractivity contribution in [2.45, 2.75) is 26.0 Å². The molecule has 0 atom stereocenters. The lowest BCUT2D eigenvalue weighted by molar-refractivity contribution is 0.0630. The monoisotopic (exact) mass is 531 g/mol. The Kier molecular flexibility index (Phi) is 7.18. The van der Waals surface area contributed by atoms with Crippen molar-refractivity contribution in [3.63, 3.8) is 0 Å². The summed E-state index contributed by atoms with van der Waals surface area (Å²) >= 11 is 0. The van der Waals surface area contributed by atoms with Crippen LogP contribution in [-0.4, -0.2) is 68.8 Å². The number of fused-ring (bicyclic) bond motifs is 1. The predicted octanol–water partition coefficient (Wildman–Crippen LogP) is 3.60. The molecule has 202 valence electrons. The molecular weight excluding hydrogens is 502 g/mol. The molecule has 1 aliphatic heterocycles. The summed E-state index contributed by atoms with van der Waals surface area (Å²) in [6, 6.07) is 13.3. The summed E-state index contributed by atoms with van der Waals surface area (Å²) in [5.74, 6) is -0.227. The Balaban J connectivity index is 1.44. The molecule has 4 aromatic rings. The zero-order valence-corrected chi connectivity index (χ0v) is 21.6. The molecule has 11 nitrogen and oxygen atoms in total. The van der Waals surface area contributed by atoms with Crippen molar-refractivity contribution in [1.29, 1.82) is 0 Å². The first-order chi connectivity index (χ1) is 18.7. The summed E-state index contributed by atoms with van der Waals surface area (Å²) < 4.78 is 12.9. The van der Waals surface area contributed by atoms with Crippen LogP contribution in [0, 0.1) is 0 Å². The number of phenols is 1. The number of nitrogens with one attached hydrogen (secondary N) is 1. The fraction of sp³-hybridized carbons (Fsp3) is 0.286. The van der Waals surface area contributed by atoms with Gasteiger partial charge in [0.1, 0.15) is 11.5 Å². The number of hydrogen-bond donors (Lipinski definition) is 3. The van der Waals surface area contributed by atoms with E-state index in [0.29, 0.717) is 25.0 Å². The maximum absolute atomic E-state index is 13.3. The van der Waals surface area contributed by atoms with Gasteiger partial charge in [0, 0.05) is 36.6 Å².